The second-order valence-corrected chi connectivity index (χ2v) is 7.42. The van der Waals surface area contributed by atoms with Gasteiger partial charge >= 0.3 is 0 Å². The fourth-order valence-electron chi connectivity index (χ4n) is 2.68. The molecule has 0 spiro atoms. The van der Waals surface area contributed by atoms with Crippen molar-refractivity contribution in [2.75, 3.05) is 19.1 Å². The molecule has 3 N–H and O–H groups in total. The molecule has 0 saturated heterocycles. The highest BCUT2D eigenvalue weighted by Gasteiger charge is 2.19. The van der Waals surface area contributed by atoms with E-state index in [-0.39, 0.29) is 11.8 Å². The van der Waals surface area contributed by atoms with Gasteiger partial charge in [0.1, 0.15) is 5.75 Å². The molecule has 0 aliphatic heterocycles. The first-order valence-electron chi connectivity index (χ1n) is 6.78. The highest BCUT2D eigenvalue weighted by molar-refractivity contribution is 9.10. The van der Waals surface area contributed by atoms with Crippen molar-refractivity contribution in [2.45, 2.75) is 6.04 Å². The summed E-state index contributed by atoms with van der Waals surface area (Å²) >= 11 is 3.45. The molecule has 1 aromatic carbocycles. The maximum Gasteiger partial charge on any atom is 0.130 e. The Hall–Kier alpha value is -1.44. The maximum absolute atomic E-state index is 11.6. The average molecular weight is 382 g/mol. The number of benzene rings is 1. The van der Waals surface area contributed by atoms with Crippen molar-refractivity contribution in [1.29, 1.82) is 0 Å². The summed E-state index contributed by atoms with van der Waals surface area (Å²) in [6.07, 6.45) is 3.43. The van der Waals surface area contributed by atoms with Crippen molar-refractivity contribution >= 4 is 48.5 Å². The third kappa shape index (κ3) is 2.53. The van der Waals surface area contributed by atoms with E-state index < -0.39 is 10.8 Å². The number of aromatic nitrogens is 2. The first-order valence-corrected chi connectivity index (χ1v) is 9.30. The Balaban J connectivity index is 2.29. The van der Waals surface area contributed by atoms with E-state index >= 15 is 0 Å². The molecule has 0 aliphatic carbocycles. The zero-order valence-corrected chi connectivity index (χ0v) is 14.6. The lowest BCUT2D eigenvalue weighted by Crippen LogP contribution is -2.23. The van der Waals surface area contributed by atoms with Crippen LogP contribution in [-0.2, 0) is 10.8 Å². The predicted octanol–water partition coefficient (Wildman–Crippen LogP) is 2.82. The van der Waals surface area contributed by atoms with E-state index in [0.29, 0.717) is 10.2 Å². The lowest BCUT2D eigenvalue weighted by Gasteiger charge is -2.14. The standard InChI is InChI=1S/C15H16BrN3O2S/c1-17-10(7-22(2)21)15-14-8(5-6-18-15)12-9(19-14)3-4-11(20)13(12)16/h3-6,10,17,19-20H,7H2,1-2H3/t10-,22?/m0/s1. The third-order valence-electron chi connectivity index (χ3n) is 3.71. The minimum absolute atomic E-state index is 0.102. The quantitative estimate of drug-likeness (QED) is 0.649. The smallest absolute Gasteiger partial charge is 0.130 e. The topological polar surface area (TPSA) is 78.0 Å². The summed E-state index contributed by atoms with van der Waals surface area (Å²) in [6, 6.07) is 5.30. The number of phenols is 1. The Labute approximate surface area is 138 Å². The minimum Gasteiger partial charge on any atom is -0.507 e. The highest BCUT2D eigenvalue weighted by atomic mass is 79.9. The summed E-state index contributed by atoms with van der Waals surface area (Å²) < 4.78 is 12.2. The van der Waals surface area contributed by atoms with Gasteiger partial charge in [-0.3, -0.25) is 9.19 Å². The normalized spacial score (nSPS) is 14.5. The Bertz CT molecular complexity index is 878. The molecule has 0 saturated carbocycles. The van der Waals surface area contributed by atoms with Crippen molar-refractivity contribution in [3.8, 4) is 5.75 Å². The Morgan fingerprint density at radius 3 is 2.91 bits per heavy atom. The number of phenolic OH excluding ortho intramolecular Hbond substituents is 1. The average Bonchev–Trinajstić information content (AvgIpc) is 2.87. The summed E-state index contributed by atoms with van der Waals surface area (Å²) in [5.41, 5.74) is 2.65. The second kappa shape index (κ2) is 5.98. The van der Waals surface area contributed by atoms with Crippen molar-refractivity contribution in [1.82, 2.24) is 15.3 Å². The molecule has 116 valence electrons. The molecule has 5 nitrogen and oxygen atoms in total. The van der Waals surface area contributed by atoms with Crippen LogP contribution in [0.1, 0.15) is 11.7 Å². The van der Waals surface area contributed by atoms with E-state index in [2.05, 4.69) is 31.2 Å². The van der Waals surface area contributed by atoms with Crippen LogP contribution in [0.5, 0.6) is 5.75 Å². The van der Waals surface area contributed by atoms with E-state index in [1.807, 2.05) is 19.2 Å². The second-order valence-electron chi connectivity index (χ2n) is 5.15. The van der Waals surface area contributed by atoms with Crippen molar-refractivity contribution in [3.63, 3.8) is 0 Å². The zero-order valence-electron chi connectivity index (χ0n) is 12.2. The number of H-pyrrole nitrogens is 1. The van der Waals surface area contributed by atoms with Crippen molar-refractivity contribution in [3.05, 3.63) is 34.6 Å². The predicted molar refractivity (Wildman–Crippen MR) is 93.7 cm³/mol. The van der Waals surface area contributed by atoms with Gasteiger partial charge in [0.25, 0.3) is 0 Å². The number of halogens is 1. The monoisotopic (exact) mass is 381 g/mol. The van der Waals surface area contributed by atoms with E-state index in [9.17, 15) is 9.32 Å². The number of fused-ring (bicyclic) bond motifs is 3. The van der Waals surface area contributed by atoms with Crippen molar-refractivity contribution in [2.24, 2.45) is 0 Å². The van der Waals surface area contributed by atoms with Crippen LogP contribution < -0.4 is 5.32 Å². The molecule has 0 bridgehead atoms. The van der Waals surface area contributed by atoms with Gasteiger partial charge in [-0.05, 0) is 41.2 Å². The van der Waals surface area contributed by atoms with Crippen LogP contribution in [0.15, 0.2) is 28.9 Å². The Morgan fingerprint density at radius 1 is 1.45 bits per heavy atom. The van der Waals surface area contributed by atoms with Gasteiger partial charge in [-0.1, -0.05) is 0 Å². The minimum atomic E-state index is -0.930. The van der Waals surface area contributed by atoms with Gasteiger partial charge in [0, 0.05) is 45.3 Å². The third-order valence-corrected chi connectivity index (χ3v) is 5.32. The van der Waals surface area contributed by atoms with Crippen LogP contribution in [0, 0.1) is 0 Å². The van der Waals surface area contributed by atoms with Gasteiger partial charge in [-0.2, -0.15) is 0 Å². The van der Waals surface area contributed by atoms with Gasteiger partial charge < -0.3 is 15.4 Å². The van der Waals surface area contributed by atoms with E-state index in [1.165, 1.54) is 0 Å². The summed E-state index contributed by atoms with van der Waals surface area (Å²) in [6.45, 7) is 0. The van der Waals surface area contributed by atoms with E-state index in [4.69, 9.17) is 0 Å². The zero-order chi connectivity index (χ0) is 15.9. The molecular weight excluding hydrogens is 366 g/mol. The number of aromatic amines is 1. The molecule has 3 rings (SSSR count). The van der Waals surface area contributed by atoms with Crippen LogP contribution in [0.4, 0.5) is 0 Å². The molecule has 0 radical (unpaired) electrons. The van der Waals surface area contributed by atoms with Crippen LogP contribution in [0.3, 0.4) is 0 Å². The SMILES string of the molecule is CN[C@@H](CS(C)=O)c1nccc2c1[nH]c1ccc(O)c(Br)c12. The molecule has 2 aromatic heterocycles. The summed E-state index contributed by atoms with van der Waals surface area (Å²) in [5, 5.41) is 15.0. The van der Waals surface area contributed by atoms with E-state index in [0.717, 1.165) is 27.5 Å². The first-order chi connectivity index (χ1) is 10.5. The van der Waals surface area contributed by atoms with Crippen LogP contribution >= 0.6 is 15.9 Å². The molecule has 3 aromatic rings. The largest absolute Gasteiger partial charge is 0.507 e. The number of rotatable bonds is 4. The van der Waals surface area contributed by atoms with Gasteiger partial charge in [0.2, 0.25) is 0 Å². The number of hydrogen-bond acceptors (Lipinski definition) is 4. The summed E-state index contributed by atoms with van der Waals surface area (Å²) in [5.74, 6) is 0.691. The Morgan fingerprint density at radius 2 is 2.23 bits per heavy atom. The van der Waals surface area contributed by atoms with Crippen LogP contribution in [0.25, 0.3) is 21.8 Å². The molecule has 7 heteroatoms. The molecule has 0 amide bonds. The molecule has 0 aliphatic rings. The molecule has 0 fully saturated rings. The highest BCUT2D eigenvalue weighted by Crippen LogP contribution is 2.38. The van der Waals surface area contributed by atoms with Gasteiger partial charge in [-0.15, -0.1) is 0 Å². The van der Waals surface area contributed by atoms with Crippen LogP contribution in [-0.4, -0.2) is 38.3 Å². The fraction of sp³-hybridized carbons (Fsp3) is 0.267. The molecule has 1 unspecified atom stereocenters. The van der Waals surface area contributed by atoms with E-state index in [1.54, 1.807) is 18.5 Å². The Kier molecular flexibility index (Phi) is 4.20. The first kappa shape index (κ1) is 15.5. The number of pyridine rings is 1. The number of hydrogen-bond donors (Lipinski definition) is 3. The summed E-state index contributed by atoms with van der Waals surface area (Å²) in [7, 11) is 0.905. The number of aromatic hydroxyl groups is 1. The molecule has 2 heterocycles. The van der Waals surface area contributed by atoms with Gasteiger partial charge in [0.05, 0.1) is 21.7 Å². The van der Waals surface area contributed by atoms with Gasteiger partial charge in [0.15, 0.2) is 0 Å². The molecular formula is C15H16BrN3O2S. The van der Waals surface area contributed by atoms with Gasteiger partial charge in [-0.25, -0.2) is 0 Å². The maximum atomic E-state index is 11.6. The molecule has 22 heavy (non-hydrogen) atoms. The fourth-order valence-corrected chi connectivity index (χ4v) is 4.04. The lowest BCUT2D eigenvalue weighted by molar-refractivity contribution is 0.473. The van der Waals surface area contributed by atoms with Crippen molar-refractivity contribution < 1.29 is 9.32 Å². The lowest BCUT2D eigenvalue weighted by atomic mass is 10.1. The molecule has 2 atom stereocenters. The number of nitrogens with one attached hydrogen (secondary N) is 2. The van der Waals surface area contributed by atoms with Crippen LogP contribution in [0.2, 0.25) is 0 Å². The number of nitrogens with zero attached hydrogens (tertiary/aromatic N) is 1. The summed E-state index contributed by atoms with van der Waals surface area (Å²) in [4.78, 5) is 7.83.